The van der Waals surface area contributed by atoms with Crippen molar-refractivity contribution in [2.24, 2.45) is 23.0 Å². The van der Waals surface area contributed by atoms with Crippen LogP contribution in [0.1, 0.15) is 78.1 Å². The van der Waals surface area contributed by atoms with Gasteiger partial charge in [-0.05, 0) is 42.9 Å². The summed E-state index contributed by atoms with van der Waals surface area (Å²) in [7, 11) is 0. The molecule has 0 aromatic rings. The third-order valence-electron chi connectivity index (χ3n) is 5.50. The molecule has 1 heteroatoms. The lowest BCUT2D eigenvalue weighted by Gasteiger charge is -2.44. The van der Waals surface area contributed by atoms with Gasteiger partial charge in [0.25, 0.3) is 0 Å². The monoisotopic (exact) mass is 237 g/mol. The maximum atomic E-state index is 6.67. The van der Waals surface area contributed by atoms with Crippen molar-refractivity contribution in [3.63, 3.8) is 0 Å². The van der Waals surface area contributed by atoms with E-state index in [2.05, 4.69) is 13.8 Å². The predicted octanol–water partition coefficient (Wildman–Crippen LogP) is 4.50. The molecule has 2 aliphatic carbocycles. The van der Waals surface area contributed by atoms with Gasteiger partial charge in [-0.2, -0.15) is 0 Å². The van der Waals surface area contributed by atoms with E-state index in [4.69, 9.17) is 5.73 Å². The SMILES string of the molecule is CC1(C)CCCCC1C(N)C1CCCCCC1. The molecule has 0 radical (unpaired) electrons. The zero-order valence-electron chi connectivity index (χ0n) is 11.9. The predicted molar refractivity (Wildman–Crippen MR) is 74.9 cm³/mol. The molecule has 2 fully saturated rings. The Bertz CT molecular complexity index is 226. The molecule has 2 atom stereocenters. The van der Waals surface area contributed by atoms with Gasteiger partial charge in [0.05, 0.1) is 0 Å². The summed E-state index contributed by atoms with van der Waals surface area (Å²) in [6.07, 6.45) is 14.1. The van der Waals surface area contributed by atoms with Crippen LogP contribution >= 0.6 is 0 Å². The van der Waals surface area contributed by atoms with Crippen LogP contribution in [0.2, 0.25) is 0 Å². The second-order valence-electron chi connectivity index (χ2n) is 7.17. The van der Waals surface area contributed by atoms with Gasteiger partial charge < -0.3 is 5.73 Å². The summed E-state index contributed by atoms with van der Waals surface area (Å²) in [5.74, 6) is 1.60. The molecule has 0 spiro atoms. The molecule has 0 aromatic carbocycles. The van der Waals surface area contributed by atoms with Gasteiger partial charge in [-0.3, -0.25) is 0 Å². The van der Waals surface area contributed by atoms with E-state index in [0.29, 0.717) is 11.5 Å². The van der Waals surface area contributed by atoms with Crippen LogP contribution in [0, 0.1) is 17.3 Å². The van der Waals surface area contributed by atoms with Crippen molar-refractivity contribution < 1.29 is 0 Å². The maximum Gasteiger partial charge on any atom is 0.0101 e. The van der Waals surface area contributed by atoms with Crippen LogP contribution in [0.5, 0.6) is 0 Å². The molecule has 2 unspecified atom stereocenters. The highest BCUT2D eigenvalue weighted by Crippen LogP contribution is 2.44. The molecule has 2 rings (SSSR count). The standard InChI is InChI=1S/C16H31N/c1-16(2)12-8-7-11-14(16)15(17)13-9-5-3-4-6-10-13/h13-15H,3-12,17H2,1-2H3. The van der Waals surface area contributed by atoms with Crippen LogP contribution in [-0.4, -0.2) is 6.04 Å². The fourth-order valence-electron chi connectivity index (χ4n) is 4.26. The number of nitrogens with two attached hydrogens (primary N) is 1. The van der Waals surface area contributed by atoms with E-state index in [-0.39, 0.29) is 0 Å². The molecule has 2 aliphatic rings. The van der Waals surface area contributed by atoms with Crippen molar-refractivity contribution >= 4 is 0 Å². The first-order valence-corrected chi connectivity index (χ1v) is 7.87. The largest absolute Gasteiger partial charge is 0.327 e. The van der Waals surface area contributed by atoms with E-state index in [1.807, 2.05) is 0 Å². The third kappa shape index (κ3) is 3.24. The Balaban J connectivity index is 1.99. The molecule has 0 bridgehead atoms. The summed E-state index contributed by atoms with van der Waals surface area (Å²) in [6.45, 7) is 4.90. The highest BCUT2D eigenvalue weighted by atomic mass is 14.7. The number of hydrogen-bond acceptors (Lipinski definition) is 1. The molecule has 2 saturated carbocycles. The first-order chi connectivity index (χ1) is 8.11. The van der Waals surface area contributed by atoms with Gasteiger partial charge >= 0.3 is 0 Å². The van der Waals surface area contributed by atoms with Crippen molar-refractivity contribution in [3.8, 4) is 0 Å². The van der Waals surface area contributed by atoms with Crippen molar-refractivity contribution in [2.45, 2.75) is 84.1 Å². The van der Waals surface area contributed by atoms with Gasteiger partial charge in [-0.15, -0.1) is 0 Å². The molecule has 0 aliphatic heterocycles. The zero-order valence-corrected chi connectivity index (χ0v) is 11.9. The Morgan fingerprint density at radius 1 is 0.882 bits per heavy atom. The molecule has 0 amide bonds. The van der Waals surface area contributed by atoms with Crippen LogP contribution < -0.4 is 5.73 Å². The Morgan fingerprint density at radius 2 is 1.47 bits per heavy atom. The summed E-state index contributed by atoms with van der Waals surface area (Å²) in [6, 6.07) is 0.475. The molecular weight excluding hydrogens is 206 g/mol. The van der Waals surface area contributed by atoms with Crippen LogP contribution in [0.15, 0.2) is 0 Å². The third-order valence-corrected chi connectivity index (χ3v) is 5.50. The summed E-state index contributed by atoms with van der Waals surface area (Å²) in [5, 5.41) is 0. The number of rotatable bonds is 2. The minimum atomic E-state index is 0.475. The van der Waals surface area contributed by atoms with E-state index in [1.165, 1.54) is 64.2 Å². The van der Waals surface area contributed by atoms with Crippen LogP contribution in [0.25, 0.3) is 0 Å². The second kappa shape index (κ2) is 5.73. The minimum absolute atomic E-state index is 0.475. The summed E-state index contributed by atoms with van der Waals surface area (Å²) in [4.78, 5) is 0. The topological polar surface area (TPSA) is 26.0 Å². The zero-order chi connectivity index (χ0) is 12.3. The molecule has 0 saturated heterocycles. The van der Waals surface area contributed by atoms with E-state index >= 15 is 0 Å². The van der Waals surface area contributed by atoms with Gasteiger partial charge in [-0.25, -0.2) is 0 Å². The number of hydrogen-bond donors (Lipinski definition) is 1. The first kappa shape index (κ1) is 13.4. The first-order valence-electron chi connectivity index (χ1n) is 7.87. The highest BCUT2D eigenvalue weighted by Gasteiger charge is 2.38. The molecule has 2 N–H and O–H groups in total. The molecule has 0 heterocycles. The van der Waals surface area contributed by atoms with Gasteiger partial charge in [0.15, 0.2) is 0 Å². The van der Waals surface area contributed by atoms with Crippen molar-refractivity contribution in [1.29, 1.82) is 0 Å². The van der Waals surface area contributed by atoms with E-state index < -0.39 is 0 Å². The molecule has 100 valence electrons. The Hall–Kier alpha value is -0.0400. The summed E-state index contributed by atoms with van der Waals surface area (Å²) < 4.78 is 0. The summed E-state index contributed by atoms with van der Waals surface area (Å²) >= 11 is 0. The van der Waals surface area contributed by atoms with Crippen molar-refractivity contribution in [3.05, 3.63) is 0 Å². The lowest BCUT2D eigenvalue weighted by Crippen LogP contribution is -2.46. The van der Waals surface area contributed by atoms with Crippen molar-refractivity contribution in [1.82, 2.24) is 0 Å². The average molecular weight is 237 g/mol. The van der Waals surface area contributed by atoms with Gasteiger partial charge in [0.1, 0.15) is 0 Å². The van der Waals surface area contributed by atoms with Gasteiger partial charge in [-0.1, -0.05) is 52.4 Å². The Kier molecular flexibility index (Phi) is 4.52. The summed E-state index contributed by atoms with van der Waals surface area (Å²) in [5.41, 5.74) is 7.16. The quantitative estimate of drug-likeness (QED) is 0.703. The second-order valence-corrected chi connectivity index (χ2v) is 7.17. The average Bonchev–Trinajstić information content (AvgIpc) is 2.56. The molecular formula is C16H31N. The Labute approximate surface area is 108 Å². The van der Waals surface area contributed by atoms with Crippen molar-refractivity contribution in [2.75, 3.05) is 0 Å². The van der Waals surface area contributed by atoms with Crippen LogP contribution in [-0.2, 0) is 0 Å². The molecule has 0 aromatic heterocycles. The van der Waals surface area contributed by atoms with E-state index in [9.17, 15) is 0 Å². The van der Waals surface area contributed by atoms with Crippen LogP contribution in [0.4, 0.5) is 0 Å². The lowest BCUT2D eigenvalue weighted by molar-refractivity contribution is 0.0860. The van der Waals surface area contributed by atoms with Gasteiger partial charge in [0.2, 0.25) is 0 Å². The van der Waals surface area contributed by atoms with E-state index in [1.54, 1.807) is 0 Å². The maximum absolute atomic E-state index is 6.67. The van der Waals surface area contributed by atoms with Gasteiger partial charge in [0, 0.05) is 6.04 Å². The fraction of sp³-hybridized carbons (Fsp3) is 1.00. The van der Waals surface area contributed by atoms with E-state index in [0.717, 1.165) is 11.8 Å². The minimum Gasteiger partial charge on any atom is -0.327 e. The molecule has 1 nitrogen and oxygen atoms in total. The lowest BCUT2D eigenvalue weighted by atomic mass is 9.63. The Morgan fingerprint density at radius 3 is 2.06 bits per heavy atom. The smallest absolute Gasteiger partial charge is 0.0101 e. The fourth-order valence-corrected chi connectivity index (χ4v) is 4.26. The van der Waals surface area contributed by atoms with Crippen LogP contribution in [0.3, 0.4) is 0 Å². The highest BCUT2D eigenvalue weighted by molar-refractivity contribution is 4.92. The normalized spacial score (nSPS) is 33.0. The molecule has 17 heavy (non-hydrogen) atoms.